The SMILES string of the molecule is CNCCc1noc(C(C)(C)F)n1. The average molecular weight is 187 g/mol. The number of hydrogen-bond donors (Lipinski definition) is 1. The zero-order chi connectivity index (χ0) is 9.90. The van der Waals surface area contributed by atoms with Crippen LogP contribution in [0, 0.1) is 0 Å². The summed E-state index contributed by atoms with van der Waals surface area (Å²) in [5, 5.41) is 6.60. The van der Waals surface area contributed by atoms with Crippen LogP contribution in [0.25, 0.3) is 0 Å². The summed E-state index contributed by atoms with van der Waals surface area (Å²) in [6.07, 6.45) is 0.649. The molecule has 0 bridgehead atoms. The van der Waals surface area contributed by atoms with E-state index in [4.69, 9.17) is 4.52 Å². The van der Waals surface area contributed by atoms with Gasteiger partial charge in [-0.05, 0) is 20.9 Å². The van der Waals surface area contributed by atoms with Gasteiger partial charge in [0.15, 0.2) is 11.5 Å². The molecule has 1 aromatic heterocycles. The zero-order valence-corrected chi connectivity index (χ0v) is 8.09. The van der Waals surface area contributed by atoms with Gasteiger partial charge < -0.3 is 9.84 Å². The van der Waals surface area contributed by atoms with Crippen LogP contribution in [-0.2, 0) is 12.1 Å². The molecule has 1 rings (SSSR count). The van der Waals surface area contributed by atoms with Crippen LogP contribution in [0.3, 0.4) is 0 Å². The summed E-state index contributed by atoms with van der Waals surface area (Å²) in [6, 6.07) is 0. The molecule has 0 radical (unpaired) electrons. The van der Waals surface area contributed by atoms with Crippen LogP contribution >= 0.6 is 0 Å². The van der Waals surface area contributed by atoms with Crippen molar-refractivity contribution in [3.05, 3.63) is 11.7 Å². The van der Waals surface area contributed by atoms with Crippen LogP contribution in [0.5, 0.6) is 0 Å². The molecule has 0 saturated heterocycles. The van der Waals surface area contributed by atoms with Gasteiger partial charge in [0.1, 0.15) is 0 Å². The molecular formula is C8H14FN3O. The smallest absolute Gasteiger partial charge is 0.263 e. The summed E-state index contributed by atoms with van der Waals surface area (Å²) in [6.45, 7) is 3.54. The monoisotopic (exact) mass is 187 g/mol. The van der Waals surface area contributed by atoms with Gasteiger partial charge in [-0.2, -0.15) is 4.98 Å². The van der Waals surface area contributed by atoms with Gasteiger partial charge in [-0.15, -0.1) is 0 Å². The summed E-state index contributed by atoms with van der Waals surface area (Å²) in [7, 11) is 1.83. The third kappa shape index (κ3) is 2.77. The van der Waals surface area contributed by atoms with E-state index in [0.29, 0.717) is 12.2 Å². The van der Waals surface area contributed by atoms with Gasteiger partial charge in [0.2, 0.25) is 0 Å². The Kier molecular flexibility index (Phi) is 2.98. The second kappa shape index (κ2) is 3.83. The normalized spacial score (nSPS) is 12.0. The Hall–Kier alpha value is -0.970. The number of alkyl halides is 1. The Bertz CT molecular complexity index is 267. The lowest BCUT2D eigenvalue weighted by atomic mass is 10.2. The minimum Gasteiger partial charge on any atom is -0.336 e. The number of rotatable bonds is 4. The van der Waals surface area contributed by atoms with E-state index in [0.717, 1.165) is 6.54 Å². The first-order valence-electron chi connectivity index (χ1n) is 4.20. The number of nitrogens with zero attached hydrogens (tertiary/aromatic N) is 2. The molecule has 1 heterocycles. The van der Waals surface area contributed by atoms with Crippen LogP contribution in [0.4, 0.5) is 4.39 Å². The van der Waals surface area contributed by atoms with Gasteiger partial charge in [-0.1, -0.05) is 5.16 Å². The molecule has 5 heteroatoms. The zero-order valence-electron chi connectivity index (χ0n) is 8.09. The predicted octanol–water partition coefficient (Wildman–Crippen LogP) is 1.04. The highest BCUT2D eigenvalue weighted by atomic mass is 19.1. The van der Waals surface area contributed by atoms with Crippen LogP contribution in [0.2, 0.25) is 0 Å². The van der Waals surface area contributed by atoms with Crippen LogP contribution in [0.15, 0.2) is 4.52 Å². The maximum atomic E-state index is 13.2. The lowest BCUT2D eigenvalue weighted by Gasteiger charge is -2.05. The van der Waals surface area contributed by atoms with E-state index in [-0.39, 0.29) is 5.89 Å². The summed E-state index contributed by atoms with van der Waals surface area (Å²) >= 11 is 0. The van der Waals surface area contributed by atoms with Crippen LogP contribution in [-0.4, -0.2) is 23.7 Å². The summed E-state index contributed by atoms with van der Waals surface area (Å²) < 4.78 is 18.0. The molecule has 13 heavy (non-hydrogen) atoms. The Labute approximate surface area is 76.5 Å². The Morgan fingerprint density at radius 2 is 2.23 bits per heavy atom. The molecule has 0 amide bonds. The molecule has 0 atom stereocenters. The van der Waals surface area contributed by atoms with E-state index in [1.165, 1.54) is 13.8 Å². The topological polar surface area (TPSA) is 51.0 Å². The van der Waals surface area contributed by atoms with Crippen LogP contribution in [0.1, 0.15) is 25.6 Å². The third-order valence-corrected chi connectivity index (χ3v) is 1.58. The maximum absolute atomic E-state index is 13.2. The second-order valence-electron chi connectivity index (χ2n) is 3.34. The fourth-order valence-corrected chi connectivity index (χ4v) is 0.834. The lowest BCUT2D eigenvalue weighted by Crippen LogP contribution is -2.12. The lowest BCUT2D eigenvalue weighted by molar-refractivity contribution is 0.155. The molecule has 74 valence electrons. The molecule has 0 spiro atoms. The van der Waals surface area contributed by atoms with Gasteiger partial charge in [0.05, 0.1) is 0 Å². The van der Waals surface area contributed by atoms with Gasteiger partial charge in [-0.25, -0.2) is 4.39 Å². The fourth-order valence-electron chi connectivity index (χ4n) is 0.834. The van der Waals surface area contributed by atoms with E-state index in [1.54, 1.807) is 0 Å². The van der Waals surface area contributed by atoms with Gasteiger partial charge >= 0.3 is 0 Å². The quantitative estimate of drug-likeness (QED) is 0.765. The molecular weight excluding hydrogens is 173 g/mol. The average Bonchev–Trinajstić information content (AvgIpc) is 2.47. The van der Waals surface area contributed by atoms with E-state index < -0.39 is 5.67 Å². The molecule has 0 aliphatic heterocycles. The van der Waals surface area contributed by atoms with Crippen molar-refractivity contribution in [2.45, 2.75) is 25.9 Å². The molecule has 0 fully saturated rings. The number of likely N-dealkylation sites (N-methyl/N-ethyl adjacent to an activating group) is 1. The van der Waals surface area contributed by atoms with Crippen molar-refractivity contribution in [2.24, 2.45) is 0 Å². The summed E-state index contributed by atoms with van der Waals surface area (Å²) in [5.74, 6) is 0.577. The van der Waals surface area contributed by atoms with Crippen molar-refractivity contribution in [3.63, 3.8) is 0 Å². The molecule has 1 N–H and O–H groups in total. The Balaban J connectivity index is 2.64. The molecule has 0 unspecified atom stereocenters. The first-order chi connectivity index (χ1) is 6.04. The minimum absolute atomic E-state index is 0.0404. The molecule has 4 nitrogen and oxygen atoms in total. The van der Waals surface area contributed by atoms with E-state index in [2.05, 4.69) is 15.5 Å². The fraction of sp³-hybridized carbons (Fsp3) is 0.750. The van der Waals surface area contributed by atoms with Gasteiger partial charge in [0, 0.05) is 13.0 Å². The Morgan fingerprint density at radius 3 is 2.69 bits per heavy atom. The predicted molar refractivity (Wildman–Crippen MR) is 46.1 cm³/mol. The molecule has 0 saturated carbocycles. The highest BCUT2D eigenvalue weighted by Crippen LogP contribution is 2.22. The van der Waals surface area contributed by atoms with Crippen molar-refractivity contribution in [1.29, 1.82) is 0 Å². The standard InChI is InChI=1S/C8H14FN3O/c1-8(2,9)7-11-6(12-13-7)4-5-10-3/h10H,4-5H2,1-3H3. The van der Waals surface area contributed by atoms with Crippen molar-refractivity contribution in [1.82, 2.24) is 15.5 Å². The highest BCUT2D eigenvalue weighted by molar-refractivity contribution is 4.95. The van der Waals surface area contributed by atoms with Crippen molar-refractivity contribution in [2.75, 3.05) is 13.6 Å². The molecule has 0 aliphatic carbocycles. The van der Waals surface area contributed by atoms with E-state index in [9.17, 15) is 4.39 Å². The van der Waals surface area contributed by atoms with Crippen molar-refractivity contribution in [3.8, 4) is 0 Å². The minimum atomic E-state index is -1.55. The maximum Gasteiger partial charge on any atom is 0.263 e. The molecule has 0 aromatic carbocycles. The van der Waals surface area contributed by atoms with Gasteiger partial charge in [-0.3, -0.25) is 0 Å². The number of halogens is 1. The highest BCUT2D eigenvalue weighted by Gasteiger charge is 2.26. The largest absolute Gasteiger partial charge is 0.336 e. The van der Waals surface area contributed by atoms with Crippen molar-refractivity contribution >= 4 is 0 Å². The second-order valence-corrected chi connectivity index (χ2v) is 3.34. The van der Waals surface area contributed by atoms with Crippen molar-refractivity contribution < 1.29 is 8.91 Å². The van der Waals surface area contributed by atoms with Crippen LogP contribution < -0.4 is 5.32 Å². The first kappa shape index (κ1) is 10.1. The third-order valence-electron chi connectivity index (χ3n) is 1.58. The van der Waals surface area contributed by atoms with E-state index in [1.807, 2.05) is 7.05 Å². The molecule has 0 aliphatic rings. The number of nitrogens with one attached hydrogen (secondary N) is 1. The first-order valence-corrected chi connectivity index (χ1v) is 4.20. The van der Waals surface area contributed by atoms with Gasteiger partial charge in [0.25, 0.3) is 5.89 Å². The Morgan fingerprint density at radius 1 is 1.54 bits per heavy atom. The summed E-state index contributed by atoms with van der Waals surface area (Å²) in [5.41, 5.74) is -1.55. The summed E-state index contributed by atoms with van der Waals surface area (Å²) in [4.78, 5) is 3.93. The number of hydrogen-bond acceptors (Lipinski definition) is 4. The molecule has 1 aromatic rings. The number of aromatic nitrogens is 2. The van der Waals surface area contributed by atoms with E-state index >= 15 is 0 Å².